The maximum absolute atomic E-state index is 5.97. The first-order chi connectivity index (χ1) is 9.61. The largest absolute Gasteiger partial charge is 0.381 e. The van der Waals surface area contributed by atoms with Crippen molar-refractivity contribution in [2.24, 2.45) is 0 Å². The van der Waals surface area contributed by atoms with Crippen LogP contribution in [0.25, 0.3) is 5.65 Å². The van der Waals surface area contributed by atoms with Crippen molar-refractivity contribution in [2.45, 2.75) is 13.5 Å². The van der Waals surface area contributed by atoms with Gasteiger partial charge in [0.1, 0.15) is 0 Å². The van der Waals surface area contributed by atoms with Gasteiger partial charge in [0.25, 0.3) is 0 Å². The van der Waals surface area contributed by atoms with Crippen molar-refractivity contribution >= 4 is 38.9 Å². The Bertz CT molecular complexity index is 769. The molecule has 0 amide bonds. The van der Waals surface area contributed by atoms with Gasteiger partial charge >= 0.3 is 0 Å². The summed E-state index contributed by atoms with van der Waals surface area (Å²) in [6.45, 7) is 2.63. The lowest BCUT2D eigenvalue weighted by atomic mass is 10.3. The van der Waals surface area contributed by atoms with Gasteiger partial charge < -0.3 is 5.32 Å². The van der Waals surface area contributed by atoms with Crippen LogP contribution in [0.15, 0.2) is 41.1 Å². The number of fused-ring (bicyclic) bond motifs is 1. The van der Waals surface area contributed by atoms with E-state index in [0.29, 0.717) is 11.6 Å². The van der Waals surface area contributed by atoms with Crippen LogP contribution >= 0.6 is 27.5 Å². The average molecular weight is 352 g/mol. The van der Waals surface area contributed by atoms with Crippen LogP contribution in [-0.4, -0.2) is 14.6 Å². The lowest BCUT2D eigenvalue weighted by Crippen LogP contribution is -2.02. The third kappa shape index (κ3) is 2.78. The van der Waals surface area contributed by atoms with Crippen molar-refractivity contribution in [1.82, 2.24) is 14.6 Å². The molecule has 20 heavy (non-hydrogen) atoms. The fourth-order valence-electron chi connectivity index (χ4n) is 1.94. The van der Waals surface area contributed by atoms with E-state index in [1.165, 1.54) is 0 Å². The zero-order valence-corrected chi connectivity index (χ0v) is 13.1. The highest BCUT2D eigenvalue weighted by Gasteiger charge is 2.02. The smallest absolute Gasteiger partial charge is 0.155 e. The minimum absolute atomic E-state index is 0.677. The number of rotatable bonds is 3. The molecule has 0 fully saturated rings. The van der Waals surface area contributed by atoms with Crippen LogP contribution in [0.2, 0.25) is 5.02 Å². The van der Waals surface area contributed by atoms with E-state index in [4.69, 9.17) is 11.6 Å². The molecule has 0 atom stereocenters. The summed E-state index contributed by atoms with van der Waals surface area (Å²) in [6.07, 6.45) is 3.84. The van der Waals surface area contributed by atoms with Crippen LogP contribution in [-0.2, 0) is 6.54 Å². The topological polar surface area (TPSA) is 42.2 Å². The van der Waals surface area contributed by atoms with Gasteiger partial charge in [-0.25, -0.2) is 9.50 Å². The molecule has 0 aliphatic heterocycles. The van der Waals surface area contributed by atoms with E-state index in [1.54, 1.807) is 4.52 Å². The van der Waals surface area contributed by atoms with Crippen molar-refractivity contribution in [3.63, 3.8) is 0 Å². The summed E-state index contributed by atoms with van der Waals surface area (Å²) < 4.78 is 2.67. The molecule has 0 bridgehead atoms. The van der Waals surface area contributed by atoms with Crippen LogP contribution in [0.3, 0.4) is 0 Å². The fraction of sp³-hybridized carbons (Fsp3) is 0.143. The molecule has 0 spiro atoms. The molecule has 4 nitrogen and oxygen atoms in total. The third-order valence-electron chi connectivity index (χ3n) is 2.91. The van der Waals surface area contributed by atoms with E-state index in [0.717, 1.165) is 27.1 Å². The minimum Gasteiger partial charge on any atom is -0.381 e. The predicted molar refractivity (Wildman–Crippen MR) is 84.2 cm³/mol. The van der Waals surface area contributed by atoms with E-state index in [-0.39, 0.29) is 0 Å². The van der Waals surface area contributed by atoms with Crippen LogP contribution in [0, 0.1) is 6.92 Å². The van der Waals surface area contributed by atoms with Crippen LogP contribution < -0.4 is 5.32 Å². The van der Waals surface area contributed by atoms with Gasteiger partial charge in [-0.05, 0) is 41.1 Å². The standard InChI is InChI=1S/C14H12BrClN4/c1-9-4-14-18-7-10(8-20(14)19-9)6-17-11-2-3-13(16)12(15)5-11/h2-5,7-8,17H,6H2,1H3. The van der Waals surface area contributed by atoms with E-state index >= 15 is 0 Å². The summed E-state index contributed by atoms with van der Waals surface area (Å²) in [6, 6.07) is 7.70. The number of aromatic nitrogens is 3. The highest BCUT2D eigenvalue weighted by molar-refractivity contribution is 9.10. The maximum Gasteiger partial charge on any atom is 0.155 e. The lowest BCUT2D eigenvalue weighted by Gasteiger charge is -2.07. The Morgan fingerprint density at radius 3 is 3.00 bits per heavy atom. The second-order valence-electron chi connectivity index (χ2n) is 4.53. The van der Waals surface area contributed by atoms with Crippen molar-refractivity contribution in [3.05, 3.63) is 57.4 Å². The summed E-state index contributed by atoms with van der Waals surface area (Å²) in [4.78, 5) is 4.38. The van der Waals surface area contributed by atoms with Gasteiger partial charge in [0.15, 0.2) is 5.65 Å². The zero-order chi connectivity index (χ0) is 14.1. The number of hydrogen-bond acceptors (Lipinski definition) is 3. The first-order valence-corrected chi connectivity index (χ1v) is 7.29. The number of aryl methyl sites for hydroxylation is 1. The van der Waals surface area contributed by atoms with E-state index in [1.807, 2.05) is 43.6 Å². The summed E-state index contributed by atoms with van der Waals surface area (Å²) >= 11 is 9.38. The molecule has 3 rings (SSSR count). The normalized spacial score (nSPS) is 10.9. The Kier molecular flexibility index (Phi) is 3.63. The Hall–Kier alpha value is -1.59. The number of halogens is 2. The van der Waals surface area contributed by atoms with E-state index < -0.39 is 0 Å². The van der Waals surface area contributed by atoms with Crippen LogP contribution in [0.1, 0.15) is 11.3 Å². The third-order valence-corrected chi connectivity index (χ3v) is 4.12. The molecule has 102 valence electrons. The summed E-state index contributed by atoms with van der Waals surface area (Å²) in [5.41, 5.74) is 3.88. The number of nitrogens with zero attached hydrogens (tertiary/aromatic N) is 3. The molecular weight excluding hydrogens is 340 g/mol. The maximum atomic E-state index is 5.97. The highest BCUT2D eigenvalue weighted by atomic mass is 79.9. The predicted octanol–water partition coefficient (Wildman–Crippen LogP) is 4.07. The van der Waals surface area contributed by atoms with E-state index in [9.17, 15) is 0 Å². The van der Waals surface area contributed by atoms with Gasteiger partial charge in [-0.2, -0.15) is 5.10 Å². The molecule has 0 aliphatic rings. The second-order valence-corrected chi connectivity index (χ2v) is 5.79. The molecule has 2 aromatic heterocycles. The number of anilines is 1. The van der Waals surface area contributed by atoms with Crippen LogP contribution in [0.4, 0.5) is 5.69 Å². The molecule has 0 saturated carbocycles. The minimum atomic E-state index is 0.677. The van der Waals surface area contributed by atoms with Gasteiger partial charge in [-0.3, -0.25) is 0 Å². The average Bonchev–Trinajstić information content (AvgIpc) is 2.79. The van der Waals surface area contributed by atoms with Gasteiger partial charge in [0.05, 0.1) is 10.7 Å². The SMILES string of the molecule is Cc1cc2ncc(CNc3ccc(Cl)c(Br)c3)cn2n1. The van der Waals surface area contributed by atoms with Crippen molar-refractivity contribution in [1.29, 1.82) is 0 Å². The van der Waals surface area contributed by atoms with Gasteiger partial charge in [-0.15, -0.1) is 0 Å². The number of benzene rings is 1. The molecule has 6 heteroatoms. The molecule has 1 aromatic carbocycles. The molecule has 0 aliphatic carbocycles. The van der Waals surface area contributed by atoms with Gasteiger partial charge in [0, 0.05) is 40.7 Å². The monoisotopic (exact) mass is 350 g/mol. The Labute approximate surface area is 129 Å². The molecule has 1 N–H and O–H groups in total. The first-order valence-electron chi connectivity index (χ1n) is 6.12. The number of nitrogens with one attached hydrogen (secondary N) is 1. The summed E-state index contributed by atoms with van der Waals surface area (Å²) in [5.74, 6) is 0. The quantitative estimate of drug-likeness (QED) is 0.773. The molecular formula is C14H12BrClN4. The summed E-state index contributed by atoms with van der Waals surface area (Å²) in [5, 5.41) is 8.39. The number of hydrogen-bond donors (Lipinski definition) is 1. The first kappa shape index (κ1) is 13.4. The fourth-order valence-corrected chi connectivity index (χ4v) is 2.43. The lowest BCUT2D eigenvalue weighted by molar-refractivity contribution is 0.895. The van der Waals surface area contributed by atoms with E-state index in [2.05, 4.69) is 31.3 Å². The molecule has 2 heterocycles. The van der Waals surface area contributed by atoms with Gasteiger partial charge in [-0.1, -0.05) is 11.6 Å². The molecule has 3 aromatic rings. The molecule has 0 radical (unpaired) electrons. The molecule has 0 saturated heterocycles. The van der Waals surface area contributed by atoms with Crippen LogP contribution in [0.5, 0.6) is 0 Å². The second kappa shape index (κ2) is 5.42. The highest BCUT2D eigenvalue weighted by Crippen LogP contribution is 2.25. The van der Waals surface area contributed by atoms with Crippen molar-refractivity contribution in [3.8, 4) is 0 Å². The Balaban J connectivity index is 1.77. The van der Waals surface area contributed by atoms with Crippen molar-refractivity contribution in [2.75, 3.05) is 5.32 Å². The Morgan fingerprint density at radius 2 is 2.20 bits per heavy atom. The molecule has 0 unspecified atom stereocenters. The summed E-state index contributed by atoms with van der Waals surface area (Å²) in [7, 11) is 0. The zero-order valence-electron chi connectivity index (χ0n) is 10.8. The Morgan fingerprint density at radius 1 is 1.35 bits per heavy atom. The van der Waals surface area contributed by atoms with Gasteiger partial charge in [0.2, 0.25) is 0 Å². The van der Waals surface area contributed by atoms with Crippen molar-refractivity contribution < 1.29 is 0 Å².